The molecule has 0 aliphatic carbocycles. The molecule has 0 bridgehead atoms. The van der Waals surface area contributed by atoms with E-state index in [1.165, 1.54) is 22.2 Å². The van der Waals surface area contributed by atoms with Crippen LogP contribution in [0.3, 0.4) is 0 Å². The Hall–Kier alpha value is -0.630. The lowest BCUT2D eigenvalue weighted by Gasteiger charge is -2.45. The first-order valence-electron chi connectivity index (χ1n) is 5.70. The third-order valence-corrected chi connectivity index (χ3v) is 5.38. The number of sulfonamides is 1. The van der Waals surface area contributed by atoms with Gasteiger partial charge in [-0.3, -0.25) is 4.68 Å². The van der Waals surface area contributed by atoms with Gasteiger partial charge in [-0.25, -0.2) is 8.42 Å². The summed E-state index contributed by atoms with van der Waals surface area (Å²) in [5.74, 6) is 0. The van der Waals surface area contributed by atoms with Crippen LogP contribution in [0.25, 0.3) is 0 Å². The Balaban J connectivity index is 2.21. The van der Waals surface area contributed by atoms with E-state index in [0.717, 1.165) is 6.42 Å². The van der Waals surface area contributed by atoms with Crippen molar-refractivity contribution in [2.45, 2.75) is 30.4 Å². The number of rotatable bonds is 4. The number of hydrogen-bond donors (Lipinski definition) is 1. The van der Waals surface area contributed by atoms with Gasteiger partial charge < -0.3 is 5.11 Å². The highest BCUT2D eigenvalue weighted by Gasteiger charge is 2.47. The fraction of sp³-hybridized carbons (Fsp3) is 0.700. The lowest BCUT2D eigenvalue weighted by atomic mass is 9.92. The van der Waals surface area contributed by atoms with E-state index in [9.17, 15) is 13.5 Å². The molecule has 1 aromatic rings. The number of halogens is 1. The van der Waals surface area contributed by atoms with Crippen LogP contribution in [0.1, 0.15) is 19.8 Å². The maximum Gasteiger partial charge on any atom is 0.261 e. The van der Waals surface area contributed by atoms with Gasteiger partial charge in [-0.1, -0.05) is 24.9 Å². The van der Waals surface area contributed by atoms with E-state index in [2.05, 4.69) is 5.10 Å². The van der Waals surface area contributed by atoms with Crippen molar-refractivity contribution >= 4 is 21.6 Å². The molecule has 0 aromatic carbocycles. The Morgan fingerprint density at radius 3 is 2.61 bits per heavy atom. The van der Waals surface area contributed by atoms with E-state index in [0.29, 0.717) is 6.42 Å². The SMILES string of the molecule is CCCC1(O)CN(S(=O)(=O)c2c(Cl)cnn2C)C1. The van der Waals surface area contributed by atoms with Gasteiger partial charge in [0.25, 0.3) is 10.0 Å². The van der Waals surface area contributed by atoms with Gasteiger partial charge in [-0.05, 0) is 6.42 Å². The van der Waals surface area contributed by atoms with Crippen molar-refractivity contribution in [3.8, 4) is 0 Å². The molecule has 0 radical (unpaired) electrons. The molecule has 0 saturated carbocycles. The molecular weight excluding hydrogens is 278 g/mol. The molecule has 1 fully saturated rings. The van der Waals surface area contributed by atoms with Crippen LogP contribution in [0.4, 0.5) is 0 Å². The Morgan fingerprint density at radius 1 is 1.56 bits per heavy atom. The summed E-state index contributed by atoms with van der Waals surface area (Å²) in [5, 5.41) is 13.9. The van der Waals surface area contributed by atoms with Crippen LogP contribution in [0.5, 0.6) is 0 Å². The lowest BCUT2D eigenvalue weighted by Crippen LogP contribution is -2.63. The van der Waals surface area contributed by atoms with Crippen molar-refractivity contribution in [1.82, 2.24) is 14.1 Å². The van der Waals surface area contributed by atoms with Crippen molar-refractivity contribution < 1.29 is 13.5 Å². The highest BCUT2D eigenvalue weighted by molar-refractivity contribution is 7.89. The van der Waals surface area contributed by atoms with Crippen LogP contribution in [-0.4, -0.2) is 46.3 Å². The van der Waals surface area contributed by atoms with E-state index in [4.69, 9.17) is 11.6 Å². The van der Waals surface area contributed by atoms with Crippen LogP contribution in [0.15, 0.2) is 11.2 Å². The van der Waals surface area contributed by atoms with Gasteiger partial charge in [-0.15, -0.1) is 0 Å². The van der Waals surface area contributed by atoms with Crippen LogP contribution in [0.2, 0.25) is 5.02 Å². The number of aromatic nitrogens is 2. The Kier molecular flexibility index (Phi) is 3.44. The number of hydrogen-bond acceptors (Lipinski definition) is 4. The minimum absolute atomic E-state index is 0.0253. The molecule has 1 aromatic heterocycles. The molecule has 102 valence electrons. The molecule has 2 heterocycles. The first-order chi connectivity index (χ1) is 8.30. The Bertz CT molecular complexity index is 529. The summed E-state index contributed by atoms with van der Waals surface area (Å²) < 4.78 is 27.0. The quantitative estimate of drug-likeness (QED) is 0.882. The van der Waals surface area contributed by atoms with Crippen LogP contribution >= 0.6 is 11.6 Å². The van der Waals surface area contributed by atoms with Crippen molar-refractivity contribution in [1.29, 1.82) is 0 Å². The van der Waals surface area contributed by atoms with E-state index >= 15 is 0 Å². The number of aryl methyl sites for hydroxylation is 1. The van der Waals surface area contributed by atoms with Crippen molar-refractivity contribution in [3.05, 3.63) is 11.2 Å². The average Bonchev–Trinajstić information content (AvgIpc) is 2.55. The molecule has 0 amide bonds. The van der Waals surface area contributed by atoms with Gasteiger partial charge in [0.1, 0.15) is 0 Å². The predicted octanol–water partition coefficient (Wildman–Crippen LogP) is 0.609. The van der Waals surface area contributed by atoms with Crippen molar-refractivity contribution in [2.24, 2.45) is 7.05 Å². The van der Waals surface area contributed by atoms with Gasteiger partial charge in [-0.2, -0.15) is 9.40 Å². The number of nitrogens with zero attached hydrogens (tertiary/aromatic N) is 3. The van der Waals surface area contributed by atoms with E-state index in [-0.39, 0.29) is 23.1 Å². The summed E-state index contributed by atoms with van der Waals surface area (Å²) in [7, 11) is -2.14. The molecule has 2 rings (SSSR count). The molecule has 1 N–H and O–H groups in total. The molecule has 1 saturated heterocycles. The zero-order valence-corrected chi connectivity index (χ0v) is 11.9. The standard InChI is InChI=1S/C10H16ClN3O3S/c1-3-4-10(15)6-14(7-10)18(16,17)9-8(11)5-12-13(9)2/h5,15H,3-4,6-7H2,1-2H3. The maximum atomic E-state index is 12.3. The minimum Gasteiger partial charge on any atom is -0.387 e. The minimum atomic E-state index is -3.67. The fourth-order valence-corrected chi connectivity index (χ4v) is 4.42. The second-order valence-electron chi connectivity index (χ2n) is 4.67. The van der Waals surface area contributed by atoms with Gasteiger partial charge in [0.15, 0.2) is 5.03 Å². The summed E-state index contributed by atoms with van der Waals surface area (Å²) in [4.78, 5) is 0. The normalized spacial score (nSPS) is 19.8. The third kappa shape index (κ3) is 2.16. The second-order valence-corrected chi connectivity index (χ2v) is 6.93. The average molecular weight is 294 g/mol. The molecule has 6 nitrogen and oxygen atoms in total. The van der Waals surface area contributed by atoms with Crippen LogP contribution < -0.4 is 0 Å². The van der Waals surface area contributed by atoms with E-state index in [1.807, 2.05) is 6.92 Å². The summed E-state index contributed by atoms with van der Waals surface area (Å²) in [6.45, 7) is 2.18. The van der Waals surface area contributed by atoms with E-state index in [1.54, 1.807) is 0 Å². The lowest BCUT2D eigenvalue weighted by molar-refractivity contribution is -0.0654. The van der Waals surface area contributed by atoms with Gasteiger partial charge in [0, 0.05) is 20.1 Å². The molecule has 18 heavy (non-hydrogen) atoms. The topological polar surface area (TPSA) is 75.4 Å². The zero-order chi connectivity index (χ0) is 13.6. The summed E-state index contributed by atoms with van der Waals surface area (Å²) in [6, 6.07) is 0. The van der Waals surface area contributed by atoms with Gasteiger partial charge in [0.05, 0.1) is 16.8 Å². The van der Waals surface area contributed by atoms with E-state index < -0.39 is 15.6 Å². The molecule has 8 heteroatoms. The van der Waals surface area contributed by atoms with Gasteiger partial charge >= 0.3 is 0 Å². The molecule has 1 aliphatic rings. The van der Waals surface area contributed by atoms with Crippen molar-refractivity contribution in [2.75, 3.05) is 13.1 Å². The number of aliphatic hydroxyl groups is 1. The van der Waals surface area contributed by atoms with Crippen molar-refractivity contribution in [3.63, 3.8) is 0 Å². The Labute approximate surface area is 111 Å². The summed E-state index contributed by atoms with van der Waals surface area (Å²) >= 11 is 5.84. The summed E-state index contributed by atoms with van der Waals surface area (Å²) in [6.07, 6.45) is 2.71. The molecule has 1 aliphatic heterocycles. The molecule has 0 spiro atoms. The smallest absolute Gasteiger partial charge is 0.261 e. The maximum absolute atomic E-state index is 12.3. The highest BCUT2D eigenvalue weighted by Crippen LogP contribution is 2.33. The third-order valence-electron chi connectivity index (χ3n) is 3.08. The zero-order valence-electron chi connectivity index (χ0n) is 10.3. The highest BCUT2D eigenvalue weighted by atomic mass is 35.5. The molecule has 0 unspecified atom stereocenters. The monoisotopic (exact) mass is 293 g/mol. The largest absolute Gasteiger partial charge is 0.387 e. The first kappa shape index (κ1) is 13.8. The summed E-state index contributed by atoms with van der Waals surface area (Å²) in [5.41, 5.74) is -0.896. The second kappa shape index (κ2) is 4.48. The first-order valence-corrected chi connectivity index (χ1v) is 7.52. The van der Waals surface area contributed by atoms with Crippen LogP contribution in [-0.2, 0) is 17.1 Å². The predicted molar refractivity (Wildman–Crippen MR) is 66.8 cm³/mol. The van der Waals surface area contributed by atoms with Crippen LogP contribution in [0, 0.1) is 0 Å². The number of β-amino-alcohol motifs (C(OH)–C–C–N with tert-alkyl or cyclic N) is 1. The Morgan fingerprint density at radius 2 is 2.17 bits per heavy atom. The van der Waals surface area contributed by atoms with Gasteiger partial charge in [0.2, 0.25) is 0 Å². The fourth-order valence-electron chi connectivity index (χ4n) is 2.22. The molecular formula is C10H16ClN3O3S. The molecule has 0 atom stereocenters.